The highest BCUT2D eigenvalue weighted by molar-refractivity contribution is 5.53. The predicted octanol–water partition coefficient (Wildman–Crippen LogP) is 3.60. The Labute approximate surface area is 184 Å². The Morgan fingerprint density at radius 1 is 1.06 bits per heavy atom. The molecular formula is C22H16F3N7O. The summed E-state index contributed by atoms with van der Waals surface area (Å²) in [5.74, 6) is -1.69. The van der Waals surface area contributed by atoms with Crippen molar-refractivity contribution in [1.82, 2.24) is 29.8 Å². The lowest BCUT2D eigenvalue weighted by Gasteiger charge is -2.32. The molecule has 5 heterocycles. The second-order valence-corrected chi connectivity index (χ2v) is 7.72. The van der Waals surface area contributed by atoms with Crippen LogP contribution in [-0.2, 0) is 12.8 Å². The fourth-order valence-electron chi connectivity index (χ4n) is 4.20. The summed E-state index contributed by atoms with van der Waals surface area (Å²) in [6.45, 7) is 0.492. The maximum atomic E-state index is 14.3. The van der Waals surface area contributed by atoms with Crippen LogP contribution in [0.2, 0.25) is 0 Å². The number of fused-ring (bicyclic) bond motifs is 2. The molecule has 1 atom stereocenters. The van der Waals surface area contributed by atoms with Gasteiger partial charge in [-0.2, -0.15) is 5.10 Å². The van der Waals surface area contributed by atoms with E-state index in [-0.39, 0.29) is 23.9 Å². The van der Waals surface area contributed by atoms with E-state index in [4.69, 9.17) is 4.42 Å². The third-order valence-electron chi connectivity index (χ3n) is 5.77. The van der Waals surface area contributed by atoms with E-state index in [0.717, 1.165) is 5.69 Å². The number of anilines is 1. The van der Waals surface area contributed by atoms with Gasteiger partial charge in [0.25, 0.3) is 0 Å². The van der Waals surface area contributed by atoms with E-state index in [0.29, 0.717) is 29.9 Å². The first-order valence-electron chi connectivity index (χ1n) is 10.3. The number of imidazole rings is 1. The number of aromatic amines is 1. The van der Waals surface area contributed by atoms with Crippen molar-refractivity contribution in [3.05, 3.63) is 94.9 Å². The first-order chi connectivity index (χ1) is 16.1. The molecule has 0 unspecified atom stereocenters. The number of halogens is 3. The zero-order valence-corrected chi connectivity index (χ0v) is 17.0. The van der Waals surface area contributed by atoms with Gasteiger partial charge in [-0.3, -0.25) is 0 Å². The molecule has 4 aromatic heterocycles. The summed E-state index contributed by atoms with van der Waals surface area (Å²) in [4.78, 5) is 9.40. The molecule has 5 aromatic rings. The lowest BCUT2D eigenvalue weighted by Crippen LogP contribution is -2.36. The van der Waals surface area contributed by atoms with Crippen LogP contribution in [0.1, 0.15) is 34.6 Å². The number of aromatic nitrogens is 6. The van der Waals surface area contributed by atoms with Gasteiger partial charge >= 0.3 is 6.01 Å². The summed E-state index contributed by atoms with van der Waals surface area (Å²) in [7, 11) is 0. The Morgan fingerprint density at radius 3 is 2.70 bits per heavy atom. The average Bonchev–Trinajstić information content (AvgIpc) is 3.55. The number of nitrogens with one attached hydrogen (secondary N) is 1. The highest BCUT2D eigenvalue weighted by Gasteiger charge is 2.36. The Morgan fingerprint density at radius 2 is 1.88 bits per heavy atom. The van der Waals surface area contributed by atoms with Crippen LogP contribution in [0.4, 0.5) is 19.2 Å². The summed E-state index contributed by atoms with van der Waals surface area (Å²) < 4.78 is 49.7. The van der Waals surface area contributed by atoms with Gasteiger partial charge < -0.3 is 14.3 Å². The molecule has 0 saturated carbocycles. The van der Waals surface area contributed by atoms with Crippen LogP contribution in [-0.4, -0.2) is 36.3 Å². The van der Waals surface area contributed by atoms with Crippen molar-refractivity contribution in [2.24, 2.45) is 0 Å². The third-order valence-corrected chi connectivity index (χ3v) is 5.77. The van der Waals surface area contributed by atoms with Crippen molar-refractivity contribution in [3.8, 4) is 0 Å². The minimum absolute atomic E-state index is 0.0709. The fraction of sp³-hybridized carbons (Fsp3) is 0.182. The second-order valence-electron chi connectivity index (χ2n) is 7.72. The molecule has 6 rings (SSSR count). The molecule has 0 fully saturated rings. The maximum absolute atomic E-state index is 14.3. The molecule has 0 radical (unpaired) electrons. The van der Waals surface area contributed by atoms with Crippen LogP contribution in [0.5, 0.6) is 0 Å². The Balaban J connectivity index is 1.39. The van der Waals surface area contributed by atoms with Crippen molar-refractivity contribution < 1.29 is 17.6 Å². The molecule has 166 valence electrons. The van der Waals surface area contributed by atoms with Crippen LogP contribution >= 0.6 is 0 Å². The molecule has 0 bridgehead atoms. The second kappa shape index (κ2) is 7.47. The molecule has 0 aliphatic carbocycles. The number of nitrogens with zero attached hydrogens (tertiary/aromatic N) is 6. The van der Waals surface area contributed by atoms with E-state index in [9.17, 15) is 13.2 Å². The minimum atomic E-state index is -0.682. The minimum Gasteiger partial charge on any atom is -0.408 e. The quantitative estimate of drug-likeness (QED) is 0.449. The molecule has 8 nitrogen and oxygen atoms in total. The monoisotopic (exact) mass is 451 g/mol. The summed E-state index contributed by atoms with van der Waals surface area (Å²) in [6.07, 6.45) is 3.70. The van der Waals surface area contributed by atoms with Gasteiger partial charge in [-0.1, -0.05) is 11.2 Å². The van der Waals surface area contributed by atoms with Crippen molar-refractivity contribution in [3.63, 3.8) is 0 Å². The van der Waals surface area contributed by atoms with Gasteiger partial charge in [0.2, 0.25) is 5.89 Å². The summed E-state index contributed by atoms with van der Waals surface area (Å²) in [6, 6.07) is 7.90. The summed E-state index contributed by atoms with van der Waals surface area (Å²) in [5.41, 5.74) is 2.38. The summed E-state index contributed by atoms with van der Waals surface area (Å²) >= 11 is 0. The van der Waals surface area contributed by atoms with Gasteiger partial charge in [0.1, 0.15) is 29.0 Å². The van der Waals surface area contributed by atoms with E-state index in [1.54, 1.807) is 24.7 Å². The normalized spacial score (nSPS) is 15.8. The van der Waals surface area contributed by atoms with Gasteiger partial charge in [-0.25, -0.2) is 22.7 Å². The van der Waals surface area contributed by atoms with Gasteiger partial charge in [-0.15, -0.1) is 5.10 Å². The number of rotatable bonds is 4. The van der Waals surface area contributed by atoms with Crippen molar-refractivity contribution in [2.75, 3.05) is 11.4 Å². The van der Waals surface area contributed by atoms with Crippen LogP contribution in [0.3, 0.4) is 0 Å². The van der Waals surface area contributed by atoms with Gasteiger partial charge in [0.15, 0.2) is 0 Å². The Hall–Kier alpha value is -4.15. The molecule has 1 aromatic carbocycles. The molecule has 0 amide bonds. The first kappa shape index (κ1) is 19.5. The predicted molar refractivity (Wildman–Crippen MR) is 110 cm³/mol. The third kappa shape index (κ3) is 3.23. The number of hydrogen-bond donors (Lipinski definition) is 1. The van der Waals surface area contributed by atoms with Crippen LogP contribution in [0, 0.1) is 17.5 Å². The molecule has 1 N–H and O–H groups in total. The zero-order chi connectivity index (χ0) is 22.5. The van der Waals surface area contributed by atoms with Gasteiger partial charge in [0, 0.05) is 30.4 Å². The lowest BCUT2D eigenvalue weighted by atomic mass is 10.0. The van der Waals surface area contributed by atoms with Crippen LogP contribution in [0.15, 0.2) is 53.3 Å². The first-order valence-corrected chi connectivity index (χ1v) is 10.3. The van der Waals surface area contributed by atoms with Gasteiger partial charge in [0.05, 0.1) is 24.1 Å². The average molecular weight is 451 g/mol. The number of pyridine rings is 1. The maximum Gasteiger partial charge on any atom is 0.319 e. The molecule has 0 spiro atoms. The van der Waals surface area contributed by atoms with E-state index in [2.05, 4.69) is 25.3 Å². The number of hydrogen-bond acceptors (Lipinski definition) is 6. The van der Waals surface area contributed by atoms with Crippen LogP contribution in [0.25, 0.3) is 5.52 Å². The smallest absolute Gasteiger partial charge is 0.319 e. The molecule has 33 heavy (non-hydrogen) atoms. The molecule has 1 aliphatic rings. The van der Waals surface area contributed by atoms with Gasteiger partial charge in [-0.05, 0) is 30.3 Å². The molecule has 11 heteroatoms. The van der Waals surface area contributed by atoms with Crippen molar-refractivity contribution in [2.45, 2.75) is 18.9 Å². The highest BCUT2D eigenvalue weighted by Crippen LogP contribution is 2.36. The number of benzene rings is 1. The Kier molecular flexibility index (Phi) is 4.42. The van der Waals surface area contributed by atoms with E-state index < -0.39 is 23.5 Å². The van der Waals surface area contributed by atoms with E-state index in [1.807, 2.05) is 4.90 Å². The van der Waals surface area contributed by atoms with Crippen LogP contribution < -0.4 is 4.90 Å². The summed E-state index contributed by atoms with van der Waals surface area (Å²) in [5, 5.41) is 12.7. The van der Waals surface area contributed by atoms with Crippen molar-refractivity contribution in [1.29, 1.82) is 0 Å². The zero-order valence-electron chi connectivity index (χ0n) is 17.0. The van der Waals surface area contributed by atoms with E-state index >= 15 is 0 Å². The molecular weight excluding hydrogens is 435 g/mol. The molecule has 0 saturated heterocycles. The SMILES string of the molecule is Fc1cccc(F)c1Cc1nnc(N2CCc3[nH]cnc3[C@H]2c2cc3c(F)cccn3n2)o1. The lowest BCUT2D eigenvalue weighted by molar-refractivity contribution is 0.461. The van der Waals surface area contributed by atoms with Crippen molar-refractivity contribution >= 4 is 11.5 Å². The number of H-pyrrole nitrogens is 1. The fourth-order valence-corrected chi connectivity index (χ4v) is 4.20. The highest BCUT2D eigenvalue weighted by atomic mass is 19.1. The Bertz CT molecular complexity index is 1450. The standard InChI is InChI=1S/C22H16F3N7O/c23-13-3-1-4-14(24)12(13)9-19-28-29-22(33-19)31-8-6-16-20(27-11-26-16)21(31)17-10-18-15(25)5-2-7-32(18)30-17/h1-5,7,10-11,21H,6,8-9H2,(H,26,27)/t21-/m1/s1. The topological polar surface area (TPSA) is 88.1 Å². The molecule has 1 aliphatic heterocycles. The largest absolute Gasteiger partial charge is 0.408 e. The van der Waals surface area contributed by atoms with E-state index in [1.165, 1.54) is 28.8 Å².